The summed E-state index contributed by atoms with van der Waals surface area (Å²) < 4.78 is 66.6. The lowest BCUT2D eigenvalue weighted by molar-refractivity contribution is -0.313. The molecule has 2 aromatic rings. The van der Waals surface area contributed by atoms with E-state index in [9.17, 15) is 58.4 Å². The standard InChI is InChI=1S/C16H26N5O18P3/c17-16-18-1-5-13(20-16)21(4-19-5)14-12(39-42(31,32)33)9(6(2-22)34-14)36-15-8(24)11(38-41(28,29)30)10(7(3-23)35-15)37-40(25,26)27/h1,4,6-12,14-15,22-24H,2-3H2,(H2,17,18,20)(H2,25,26,27)(H2,28,29,30)(H2,31,32,33)/t6-,7-,8-,9-,10-,11-,12-,14-,15-/m1/s1. The first-order valence-corrected chi connectivity index (χ1v) is 16.0. The molecule has 0 saturated carbocycles. The molecule has 0 unspecified atom stereocenters. The van der Waals surface area contributed by atoms with Gasteiger partial charge in [-0.15, -0.1) is 0 Å². The Kier molecular flexibility index (Phi) is 9.88. The second kappa shape index (κ2) is 12.4. The van der Waals surface area contributed by atoms with Crippen LogP contribution in [0.5, 0.6) is 0 Å². The van der Waals surface area contributed by atoms with Gasteiger partial charge in [-0.2, -0.15) is 4.98 Å². The fraction of sp³-hybridized carbons (Fsp3) is 0.688. The van der Waals surface area contributed by atoms with Crippen LogP contribution in [-0.4, -0.2) is 126 Å². The van der Waals surface area contributed by atoms with Crippen molar-refractivity contribution in [3.8, 4) is 0 Å². The number of hydrogen-bond acceptors (Lipinski definition) is 16. The largest absolute Gasteiger partial charge is 0.470 e. The van der Waals surface area contributed by atoms with E-state index in [0.717, 1.165) is 10.9 Å². The predicted octanol–water partition coefficient (Wildman–Crippen LogP) is -3.80. The van der Waals surface area contributed by atoms with Crippen molar-refractivity contribution in [3.05, 3.63) is 12.5 Å². The van der Waals surface area contributed by atoms with Gasteiger partial charge in [0.25, 0.3) is 0 Å². The summed E-state index contributed by atoms with van der Waals surface area (Å²) in [6, 6.07) is 0. The van der Waals surface area contributed by atoms with Crippen LogP contribution >= 0.6 is 23.5 Å². The fourth-order valence-corrected chi connectivity index (χ4v) is 6.09. The Labute approximate surface area is 233 Å². The van der Waals surface area contributed by atoms with Gasteiger partial charge in [0, 0.05) is 0 Å². The lowest BCUT2D eigenvalue weighted by atomic mass is 9.99. The molecule has 0 aromatic carbocycles. The number of nitrogens with two attached hydrogens (primary N) is 1. The van der Waals surface area contributed by atoms with E-state index in [1.807, 2.05) is 0 Å². The van der Waals surface area contributed by atoms with Gasteiger partial charge in [-0.1, -0.05) is 0 Å². The van der Waals surface area contributed by atoms with Gasteiger partial charge in [-0.25, -0.2) is 23.7 Å². The number of nitrogen functional groups attached to an aromatic ring is 1. The number of fused-ring (bicyclic) bond motifs is 1. The third-order valence-electron chi connectivity index (χ3n) is 5.94. The Morgan fingerprint density at radius 3 is 1.95 bits per heavy atom. The Hall–Kier alpha value is -1.56. The second-order valence-electron chi connectivity index (χ2n) is 8.84. The molecule has 238 valence electrons. The lowest BCUT2D eigenvalue weighted by Gasteiger charge is -2.44. The highest BCUT2D eigenvalue weighted by molar-refractivity contribution is 7.46. The molecule has 26 heteroatoms. The SMILES string of the molecule is Nc1ncc2ncn([C@@H]3O[C@H](CO)[C@@H](O[C@H]4O[C@H](CO)[C@@H](OP(=O)(O)O)[C@H](OP(=O)(O)O)[C@H]4O)[C@H]3OP(=O)(O)O)c2n1. The minimum atomic E-state index is -5.51. The molecule has 0 bridgehead atoms. The Morgan fingerprint density at radius 1 is 0.833 bits per heavy atom. The summed E-state index contributed by atoms with van der Waals surface area (Å²) >= 11 is 0. The Morgan fingerprint density at radius 2 is 1.38 bits per heavy atom. The van der Waals surface area contributed by atoms with Gasteiger partial charge in [0.15, 0.2) is 18.2 Å². The molecule has 0 aliphatic carbocycles. The number of anilines is 1. The first-order chi connectivity index (χ1) is 19.4. The molecule has 11 N–H and O–H groups in total. The van der Waals surface area contributed by atoms with E-state index < -0.39 is 91.9 Å². The summed E-state index contributed by atoms with van der Waals surface area (Å²) in [5, 5.41) is 30.6. The fourth-order valence-electron chi connectivity index (χ4n) is 4.41. The zero-order valence-corrected chi connectivity index (χ0v) is 23.4. The van der Waals surface area contributed by atoms with Crippen LogP contribution in [0.4, 0.5) is 5.95 Å². The average Bonchev–Trinajstić information content (AvgIpc) is 3.41. The molecule has 0 amide bonds. The topological polar surface area (TPSA) is 358 Å². The van der Waals surface area contributed by atoms with Crippen LogP contribution in [0.3, 0.4) is 0 Å². The highest BCUT2D eigenvalue weighted by atomic mass is 31.2. The van der Waals surface area contributed by atoms with Crippen LogP contribution in [0.2, 0.25) is 0 Å². The molecule has 0 spiro atoms. The van der Waals surface area contributed by atoms with E-state index in [-0.39, 0.29) is 17.1 Å². The van der Waals surface area contributed by atoms with Crippen molar-refractivity contribution in [1.29, 1.82) is 0 Å². The third kappa shape index (κ3) is 7.74. The van der Waals surface area contributed by atoms with E-state index in [1.165, 1.54) is 6.20 Å². The van der Waals surface area contributed by atoms with E-state index in [1.54, 1.807) is 0 Å². The molecular formula is C16H26N5O18P3. The van der Waals surface area contributed by atoms with Gasteiger partial charge in [0.1, 0.15) is 48.2 Å². The zero-order valence-electron chi connectivity index (χ0n) is 20.7. The van der Waals surface area contributed by atoms with Gasteiger partial charge in [0.05, 0.1) is 25.7 Å². The molecule has 2 aromatic heterocycles. The normalized spacial score (nSPS) is 32.9. The summed E-state index contributed by atoms with van der Waals surface area (Å²) in [7, 11) is -16.3. The van der Waals surface area contributed by atoms with Crippen molar-refractivity contribution in [2.75, 3.05) is 18.9 Å². The van der Waals surface area contributed by atoms with E-state index >= 15 is 0 Å². The molecule has 0 radical (unpaired) electrons. The van der Waals surface area contributed by atoms with Gasteiger partial charge >= 0.3 is 23.5 Å². The van der Waals surface area contributed by atoms with Gasteiger partial charge in [0.2, 0.25) is 5.95 Å². The zero-order chi connectivity index (χ0) is 31.2. The van der Waals surface area contributed by atoms with Crippen LogP contribution in [0.1, 0.15) is 6.23 Å². The van der Waals surface area contributed by atoms with Gasteiger partial charge < -0.3 is 64.6 Å². The first kappa shape index (κ1) is 33.3. The van der Waals surface area contributed by atoms with E-state index in [4.69, 9.17) is 24.5 Å². The quantitative estimate of drug-likeness (QED) is 0.102. The third-order valence-corrected chi connectivity index (χ3v) is 7.49. The maximum Gasteiger partial charge on any atom is 0.470 e. The molecule has 4 rings (SSSR count). The highest BCUT2D eigenvalue weighted by Gasteiger charge is 2.56. The number of rotatable bonds is 11. The van der Waals surface area contributed by atoms with Crippen molar-refractivity contribution >= 4 is 40.6 Å². The molecule has 2 aliphatic heterocycles. The number of nitrogens with zero attached hydrogens (tertiary/aromatic N) is 4. The molecule has 23 nitrogen and oxygen atoms in total. The molecule has 9 atom stereocenters. The predicted molar refractivity (Wildman–Crippen MR) is 128 cm³/mol. The summed E-state index contributed by atoms with van der Waals surface area (Å²) in [6.45, 7) is -2.03. The van der Waals surface area contributed by atoms with Crippen LogP contribution in [0.25, 0.3) is 11.2 Å². The molecule has 2 aliphatic rings. The van der Waals surface area contributed by atoms with E-state index in [2.05, 4.69) is 24.0 Å². The van der Waals surface area contributed by atoms with Crippen molar-refractivity contribution in [2.24, 2.45) is 0 Å². The number of phosphoric acid groups is 3. The summed E-state index contributed by atoms with van der Waals surface area (Å²) in [4.78, 5) is 68.1. The van der Waals surface area contributed by atoms with Crippen molar-refractivity contribution in [1.82, 2.24) is 19.5 Å². The van der Waals surface area contributed by atoms with Crippen molar-refractivity contribution < 1.29 is 86.2 Å². The molecular weight excluding hydrogens is 643 g/mol. The number of imidazole rings is 1. The Balaban J connectivity index is 1.71. The molecule has 2 fully saturated rings. The molecule has 4 heterocycles. The smallest absolute Gasteiger partial charge is 0.394 e. The van der Waals surface area contributed by atoms with Crippen LogP contribution < -0.4 is 5.73 Å². The molecule has 42 heavy (non-hydrogen) atoms. The number of phosphoric ester groups is 3. The van der Waals surface area contributed by atoms with Crippen molar-refractivity contribution in [2.45, 2.75) is 55.2 Å². The van der Waals surface area contributed by atoms with Crippen molar-refractivity contribution in [3.63, 3.8) is 0 Å². The minimum Gasteiger partial charge on any atom is -0.394 e. The summed E-state index contributed by atoms with van der Waals surface area (Å²) in [5.41, 5.74) is 5.79. The summed E-state index contributed by atoms with van der Waals surface area (Å²) in [6.07, 6.45) is -15.2. The highest BCUT2D eigenvalue weighted by Crippen LogP contribution is 2.49. The maximum absolute atomic E-state index is 11.9. The van der Waals surface area contributed by atoms with Crippen LogP contribution in [-0.2, 0) is 41.5 Å². The molecule has 2 saturated heterocycles. The minimum absolute atomic E-state index is 0.00554. The first-order valence-electron chi connectivity index (χ1n) is 11.4. The monoisotopic (exact) mass is 669 g/mol. The van der Waals surface area contributed by atoms with E-state index in [0.29, 0.717) is 0 Å². The number of aliphatic hydroxyl groups excluding tert-OH is 3. The number of ether oxygens (including phenoxy) is 3. The van der Waals surface area contributed by atoms with Crippen LogP contribution in [0, 0.1) is 0 Å². The van der Waals surface area contributed by atoms with Gasteiger partial charge in [-0.3, -0.25) is 18.1 Å². The maximum atomic E-state index is 11.9. The summed E-state index contributed by atoms with van der Waals surface area (Å²) in [5.74, 6) is -0.210. The number of aliphatic hydroxyl groups is 3. The number of hydrogen-bond donors (Lipinski definition) is 10. The Bertz CT molecular complexity index is 1400. The number of aromatic nitrogens is 4. The van der Waals surface area contributed by atoms with Crippen LogP contribution in [0.15, 0.2) is 12.5 Å². The van der Waals surface area contributed by atoms with Gasteiger partial charge in [-0.05, 0) is 0 Å². The lowest BCUT2D eigenvalue weighted by Crippen LogP contribution is -2.61. The second-order valence-corrected chi connectivity index (χ2v) is 12.4. The average molecular weight is 669 g/mol.